The smallest absolute Gasteiger partial charge is 0.277 e. The second-order valence-corrected chi connectivity index (χ2v) is 5.63. The fraction of sp³-hybridized carbons (Fsp3) is 0.158. The Morgan fingerprint density at radius 3 is 2.46 bits per heavy atom. The van der Waals surface area contributed by atoms with Gasteiger partial charge >= 0.3 is 0 Å². The number of carbonyl (C=O) groups excluding carboxylic acids is 1. The van der Waals surface area contributed by atoms with Gasteiger partial charge in [-0.2, -0.15) is 5.10 Å². The third kappa shape index (κ3) is 6.20. The fourth-order valence-corrected chi connectivity index (χ4v) is 2.21. The van der Waals surface area contributed by atoms with Gasteiger partial charge in [0.05, 0.1) is 4.92 Å². The van der Waals surface area contributed by atoms with Crippen molar-refractivity contribution in [1.82, 2.24) is 5.43 Å². The van der Waals surface area contributed by atoms with E-state index in [0.717, 1.165) is 16.7 Å². The van der Waals surface area contributed by atoms with Gasteiger partial charge in [0.25, 0.3) is 11.6 Å². The van der Waals surface area contributed by atoms with E-state index in [2.05, 4.69) is 10.5 Å². The van der Waals surface area contributed by atoms with E-state index in [1.807, 2.05) is 32.0 Å². The van der Waals surface area contributed by atoms with E-state index in [1.165, 1.54) is 18.3 Å². The lowest BCUT2D eigenvalue weighted by Gasteiger charge is -2.07. The summed E-state index contributed by atoms with van der Waals surface area (Å²) >= 11 is 0. The Balaban J connectivity index is 1.76. The minimum absolute atomic E-state index is 0.0342. The maximum absolute atomic E-state index is 11.7. The number of amides is 1. The summed E-state index contributed by atoms with van der Waals surface area (Å²) in [5.74, 6) is 0.267. The summed E-state index contributed by atoms with van der Waals surface area (Å²) in [6.07, 6.45) is 4.74. The van der Waals surface area contributed by atoms with Crippen molar-refractivity contribution in [3.63, 3.8) is 0 Å². The molecular formula is C19H19N3O4. The zero-order valence-electron chi connectivity index (χ0n) is 14.5. The number of ether oxygens (including phenoxy) is 1. The highest BCUT2D eigenvalue weighted by Gasteiger charge is 2.03. The Morgan fingerprint density at radius 2 is 1.85 bits per heavy atom. The summed E-state index contributed by atoms with van der Waals surface area (Å²) in [6, 6.07) is 11.8. The molecule has 0 radical (unpaired) electrons. The van der Waals surface area contributed by atoms with Gasteiger partial charge < -0.3 is 4.74 Å². The first-order chi connectivity index (χ1) is 12.4. The molecule has 0 unspecified atom stereocenters. The van der Waals surface area contributed by atoms with E-state index in [4.69, 9.17) is 4.74 Å². The third-order valence-corrected chi connectivity index (χ3v) is 3.31. The highest BCUT2D eigenvalue weighted by molar-refractivity contribution is 5.82. The van der Waals surface area contributed by atoms with Crippen molar-refractivity contribution in [2.45, 2.75) is 13.8 Å². The molecule has 2 aromatic carbocycles. The number of hydrogen-bond acceptors (Lipinski definition) is 5. The minimum Gasteiger partial charge on any atom is -0.484 e. The van der Waals surface area contributed by atoms with E-state index in [-0.39, 0.29) is 18.2 Å². The molecule has 0 heterocycles. The zero-order chi connectivity index (χ0) is 18.9. The molecule has 0 saturated heterocycles. The molecule has 0 spiro atoms. The molecule has 2 rings (SSSR count). The van der Waals surface area contributed by atoms with Gasteiger partial charge in [0, 0.05) is 18.3 Å². The second-order valence-electron chi connectivity index (χ2n) is 5.63. The summed E-state index contributed by atoms with van der Waals surface area (Å²) in [6.45, 7) is 3.79. The van der Waals surface area contributed by atoms with E-state index in [1.54, 1.807) is 24.3 Å². The predicted molar refractivity (Wildman–Crippen MR) is 100 cm³/mol. The molecule has 26 heavy (non-hydrogen) atoms. The molecule has 2 aromatic rings. The molecule has 0 aliphatic rings. The number of carbonyl (C=O) groups is 1. The normalized spacial score (nSPS) is 11.0. The van der Waals surface area contributed by atoms with Crippen LogP contribution in [0, 0.1) is 24.0 Å². The van der Waals surface area contributed by atoms with Gasteiger partial charge in [-0.15, -0.1) is 0 Å². The number of nitrogens with one attached hydrogen (secondary N) is 1. The fourth-order valence-electron chi connectivity index (χ4n) is 2.21. The van der Waals surface area contributed by atoms with Crippen LogP contribution in [-0.2, 0) is 4.79 Å². The van der Waals surface area contributed by atoms with Crippen molar-refractivity contribution in [3.8, 4) is 5.75 Å². The molecule has 7 heteroatoms. The van der Waals surface area contributed by atoms with Crippen molar-refractivity contribution < 1.29 is 14.5 Å². The Hall–Kier alpha value is -3.48. The van der Waals surface area contributed by atoms with Crippen LogP contribution in [0.3, 0.4) is 0 Å². The van der Waals surface area contributed by atoms with Crippen molar-refractivity contribution in [1.29, 1.82) is 0 Å². The number of rotatable bonds is 7. The van der Waals surface area contributed by atoms with Crippen LogP contribution in [0.25, 0.3) is 6.08 Å². The SMILES string of the molecule is Cc1cc(C)cc(OCC(=O)N/N=C\C=C/c2ccc([N+](=O)[O-])cc2)c1. The topological polar surface area (TPSA) is 93.8 Å². The van der Waals surface area contributed by atoms with Crippen molar-refractivity contribution >= 4 is 23.9 Å². The molecule has 0 bridgehead atoms. The molecule has 0 fully saturated rings. The van der Waals surface area contributed by atoms with Gasteiger partial charge in [-0.3, -0.25) is 14.9 Å². The minimum atomic E-state index is -0.454. The van der Waals surface area contributed by atoms with E-state index in [9.17, 15) is 14.9 Å². The van der Waals surface area contributed by atoms with Crippen LogP contribution >= 0.6 is 0 Å². The molecular weight excluding hydrogens is 334 g/mol. The van der Waals surface area contributed by atoms with Crippen LogP contribution in [0.15, 0.2) is 53.6 Å². The van der Waals surface area contributed by atoms with Gasteiger partial charge in [0.1, 0.15) is 5.75 Å². The van der Waals surface area contributed by atoms with Crippen molar-refractivity contribution in [3.05, 3.63) is 75.3 Å². The van der Waals surface area contributed by atoms with Crippen LogP contribution < -0.4 is 10.2 Å². The quantitative estimate of drug-likeness (QED) is 0.469. The average molecular weight is 353 g/mol. The number of hydrogen-bond donors (Lipinski definition) is 1. The Morgan fingerprint density at radius 1 is 1.19 bits per heavy atom. The monoisotopic (exact) mass is 353 g/mol. The highest BCUT2D eigenvalue weighted by Crippen LogP contribution is 2.16. The third-order valence-electron chi connectivity index (χ3n) is 3.31. The largest absolute Gasteiger partial charge is 0.484 e. The molecule has 0 aliphatic carbocycles. The molecule has 134 valence electrons. The van der Waals surface area contributed by atoms with Gasteiger partial charge in [-0.05, 0) is 60.9 Å². The first-order valence-electron chi connectivity index (χ1n) is 7.88. The Kier molecular flexibility index (Phi) is 6.61. The highest BCUT2D eigenvalue weighted by atomic mass is 16.6. The van der Waals surface area contributed by atoms with Crippen molar-refractivity contribution in [2.75, 3.05) is 6.61 Å². The van der Waals surface area contributed by atoms with Crippen LogP contribution in [0.1, 0.15) is 16.7 Å². The van der Waals surface area contributed by atoms with E-state index < -0.39 is 4.92 Å². The number of aryl methyl sites for hydroxylation is 2. The van der Waals surface area contributed by atoms with Crippen LogP contribution in [0.5, 0.6) is 5.75 Å². The molecule has 0 aliphatic heterocycles. The molecule has 0 atom stereocenters. The van der Waals surface area contributed by atoms with Crippen LogP contribution in [-0.4, -0.2) is 23.7 Å². The number of nitro groups is 1. The summed E-state index contributed by atoms with van der Waals surface area (Å²) in [5, 5.41) is 14.3. The van der Waals surface area contributed by atoms with Gasteiger partial charge in [0.2, 0.25) is 0 Å². The number of allylic oxidation sites excluding steroid dienone is 1. The first-order valence-corrected chi connectivity index (χ1v) is 7.88. The standard InChI is InChI=1S/C19H19N3O4/c1-14-10-15(2)12-18(11-14)26-13-19(23)21-20-9-3-4-16-5-7-17(8-6-16)22(24)25/h3-12H,13H2,1-2H3,(H,21,23)/b4-3-,20-9-. The summed E-state index contributed by atoms with van der Waals surface area (Å²) in [5.41, 5.74) is 5.30. The predicted octanol–water partition coefficient (Wildman–Crippen LogP) is 3.41. The molecule has 0 aromatic heterocycles. The lowest BCUT2D eigenvalue weighted by Crippen LogP contribution is -2.24. The lowest BCUT2D eigenvalue weighted by atomic mass is 10.1. The molecule has 7 nitrogen and oxygen atoms in total. The van der Waals surface area contributed by atoms with E-state index in [0.29, 0.717) is 5.75 Å². The number of hydrazone groups is 1. The lowest BCUT2D eigenvalue weighted by molar-refractivity contribution is -0.384. The maximum Gasteiger partial charge on any atom is 0.277 e. The number of nitrogens with zero attached hydrogens (tertiary/aromatic N) is 2. The second kappa shape index (κ2) is 9.12. The molecule has 0 saturated carbocycles. The zero-order valence-corrected chi connectivity index (χ0v) is 14.5. The summed E-state index contributed by atoms with van der Waals surface area (Å²) in [7, 11) is 0. The van der Waals surface area contributed by atoms with Gasteiger partial charge in [0.15, 0.2) is 6.61 Å². The molecule has 1 amide bonds. The summed E-state index contributed by atoms with van der Waals surface area (Å²) in [4.78, 5) is 21.8. The number of nitro benzene ring substituents is 1. The number of benzene rings is 2. The first kappa shape index (κ1) is 18.9. The Bertz CT molecular complexity index is 822. The summed E-state index contributed by atoms with van der Waals surface area (Å²) < 4.78 is 5.43. The molecule has 1 N–H and O–H groups in total. The van der Waals surface area contributed by atoms with Gasteiger partial charge in [-0.1, -0.05) is 12.1 Å². The van der Waals surface area contributed by atoms with Crippen LogP contribution in [0.2, 0.25) is 0 Å². The van der Waals surface area contributed by atoms with Crippen molar-refractivity contribution in [2.24, 2.45) is 5.10 Å². The number of non-ortho nitro benzene ring substituents is 1. The Labute approximate surface area is 151 Å². The average Bonchev–Trinajstić information content (AvgIpc) is 2.59. The van der Waals surface area contributed by atoms with Crippen LogP contribution in [0.4, 0.5) is 5.69 Å². The van der Waals surface area contributed by atoms with E-state index >= 15 is 0 Å². The maximum atomic E-state index is 11.7. The van der Waals surface area contributed by atoms with Gasteiger partial charge in [-0.25, -0.2) is 5.43 Å².